The van der Waals surface area contributed by atoms with Gasteiger partial charge < -0.3 is 0 Å². The standard InChI is InChI=1S/C8H18N2O/c1-3-4-5-6-7-10(8-11)9-2/h8-9H,3-7H2,1-2H3. The van der Waals surface area contributed by atoms with E-state index in [0.717, 1.165) is 19.4 Å². The van der Waals surface area contributed by atoms with Crippen LogP contribution in [0.15, 0.2) is 0 Å². The Kier molecular flexibility index (Phi) is 7.15. The summed E-state index contributed by atoms with van der Waals surface area (Å²) in [6.45, 7) is 3.00. The quantitative estimate of drug-likeness (QED) is 0.342. The monoisotopic (exact) mass is 158 g/mol. The van der Waals surface area contributed by atoms with Crippen LogP contribution >= 0.6 is 0 Å². The van der Waals surface area contributed by atoms with Crippen LogP contribution in [0.2, 0.25) is 0 Å². The summed E-state index contributed by atoms with van der Waals surface area (Å²) in [6.07, 6.45) is 5.62. The molecule has 0 aromatic heterocycles. The third-order valence-electron chi connectivity index (χ3n) is 1.67. The Hall–Kier alpha value is -0.570. The first kappa shape index (κ1) is 10.4. The first-order chi connectivity index (χ1) is 5.35. The zero-order valence-electron chi connectivity index (χ0n) is 7.47. The van der Waals surface area contributed by atoms with Gasteiger partial charge in [0.1, 0.15) is 0 Å². The molecule has 0 aromatic rings. The fraction of sp³-hybridized carbons (Fsp3) is 0.875. The van der Waals surface area contributed by atoms with Crippen LogP contribution in [0.25, 0.3) is 0 Å². The predicted molar refractivity (Wildman–Crippen MR) is 46.0 cm³/mol. The SMILES string of the molecule is CCCCCCN(C=O)NC. The minimum Gasteiger partial charge on any atom is -0.281 e. The molecule has 0 radical (unpaired) electrons. The molecule has 0 saturated carbocycles. The highest BCUT2D eigenvalue weighted by Crippen LogP contribution is 1.98. The highest BCUT2D eigenvalue weighted by molar-refractivity contribution is 5.45. The molecule has 0 aromatic carbocycles. The summed E-state index contributed by atoms with van der Waals surface area (Å²) in [5.41, 5.74) is 2.79. The second-order valence-electron chi connectivity index (χ2n) is 2.58. The van der Waals surface area contributed by atoms with Gasteiger partial charge in [-0.15, -0.1) is 0 Å². The molecule has 0 heterocycles. The van der Waals surface area contributed by atoms with Crippen molar-refractivity contribution in [3.05, 3.63) is 0 Å². The molecule has 0 bridgehead atoms. The topological polar surface area (TPSA) is 32.3 Å². The van der Waals surface area contributed by atoms with E-state index in [0.29, 0.717) is 0 Å². The van der Waals surface area contributed by atoms with Crippen molar-refractivity contribution in [2.45, 2.75) is 32.6 Å². The van der Waals surface area contributed by atoms with E-state index in [1.807, 2.05) is 0 Å². The van der Waals surface area contributed by atoms with Crippen LogP contribution < -0.4 is 5.43 Å². The van der Waals surface area contributed by atoms with Crippen molar-refractivity contribution in [2.75, 3.05) is 13.6 Å². The normalized spacial score (nSPS) is 9.64. The summed E-state index contributed by atoms with van der Waals surface area (Å²) in [5, 5.41) is 1.57. The number of hydrazine groups is 1. The van der Waals surface area contributed by atoms with E-state index < -0.39 is 0 Å². The summed E-state index contributed by atoms with van der Waals surface area (Å²) in [7, 11) is 1.76. The Morgan fingerprint density at radius 2 is 2.09 bits per heavy atom. The molecular weight excluding hydrogens is 140 g/mol. The van der Waals surface area contributed by atoms with E-state index >= 15 is 0 Å². The molecule has 0 spiro atoms. The average Bonchev–Trinajstić information content (AvgIpc) is 2.05. The lowest BCUT2D eigenvalue weighted by Crippen LogP contribution is -2.34. The molecule has 0 fully saturated rings. The van der Waals surface area contributed by atoms with Gasteiger partial charge in [-0.1, -0.05) is 26.2 Å². The van der Waals surface area contributed by atoms with Gasteiger partial charge >= 0.3 is 0 Å². The molecule has 66 valence electrons. The van der Waals surface area contributed by atoms with Crippen LogP contribution in [0.1, 0.15) is 32.6 Å². The average molecular weight is 158 g/mol. The minimum absolute atomic E-state index is 0.819. The molecule has 11 heavy (non-hydrogen) atoms. The summed E-state index contributed by atoms with van der Waals surface area (Å²) < 4.78 is 0. The third kappa shape index (κ3) is 5.85. The number of nitrogens with one attached hydrogen (secondary N) is 1. The number of carbonyl (C=O) groups excluding carboxylic acids is 1. The summed E-state index contributed by atoms with van der Waals surface area (Å²) >= 11 is 0. The van der Waals surface area contributed by atoms with Gasteiger partial charge in [0.05, 0.1) is 0 Å². The van der Waals surface area contributed by atoms with Crippen LogP contribution in [0.4, 0.5) is 0 Å². The number of nitrogens with zero attached hydrogens (tertiary/aromatic N) is 1. The Balaban J connectivity index is 3.14. The van der Waals surface area contributed by atoms with Crippen molar-refractivity contribution < 1.29 is 4.79 Å². The van der Waals surface area contributed by atoms with Crippen molar-refractivity contribution in [1.82, 2.24) is 10.4 Å². The van der Waals surface area contributed by atoms with E-state index in [4.69, 9.17) is 0 Å². The zero-order chi connectivity index (χ0) is 8.53. The lowest BCUT2D eigenvalue weighted by atomic mass is 10.2. The van der Waals surface area contributed by atoms with Gasteiger partial charge in [-0.05, 0) is 6.42 Å². The van der Waals surface area contributed by atoms with Crippen LogP contribution in [0.3, 0.4) is 0 Å². The first-order valence-electron chi connectivity index (χ1n) is 4.24. The molecule has 0 unspecified atom stereocenters. The molecule has 1 amide bonds. The van der Waals surface area contributed by atoms with Crippen LogP contribution in [0.5, 0.6) is 0 Å². The van der Waals surface area contributed by atoms with Crippen molar-refractivity contribution >= 4 is 6.41 Å². The zero-order valence-corrected chi connectivity index (χ0v) is 7.47. The lowest BCUT2D eigenvalue weighted by Gasteiger charge is -2.14. The maximum Gasteiger partial charge on any atom is 0.223 e. The summed E-state index contributed by atoms with van der Waals surface area (Å²) in [6, 6.07) is 0. The van der Waals surface area contributed by atoms with Crippen LogP contribution in [-0.2, 0) is 4.79 Å². The summed E-state index contributed by atoms with van der Waals surface area (Å²) in [5.74, 6) is 0. The Labute approximate surface area is 68.7 Å². The minimum atomic E-state index is 0.819. The van der Waals surface area contributed by atoms with Gasteiger partial charge in [0.15, 0.2) is 0 Å². The van der Waals surface area contributed by atoms with E-state index in [1.165, 1.54) is 19.3 Å². The number of unbranched alkanes of at least 4 members (excludes halogenated alkanes) is 3. The van der Waals surface area contributed by atoms with Gasteiger partial charge in [-0.3, -0.25) is 9.80 Å². The maximum absolute atomic E-state index is 10.3. The van der Waals surface area contributed by atoms with Crippen LogP contribution in [0, 0.1) is 0 Å². The van der Waals surface area contributed by atoms with Gasteiger partial charge in [-0.2, -0.15) is 0 Å². The molecule has 3 heteroatoms. The Morgan fingerprint density at radius 1 is 1.36 bits per heavy atom. The fourth-order valence-corrected chi connectivity index (χ4v) is 0.926. The maximum atomic E-state index is 10.3. The van der Waals surface area contributed by atoms with Crippen LogP contribution in [-0.4, -0.2) is 25.0 Å². The lowest BCUT2D eigenvalue weighted by molar-refractivity contribution is -0.120. The molecule has 0 aliphatic heterocycles. The smallest absolute Gasteiger partial charge is 0.223 e. The van der Waals surface area contributed by atoms with Crippen molar-refractivity contribution in [1.29, 1.82) is 0 Å². The molecular formula is C8H18N2O. The predicted octanol–water partition coefficient (Wildman–Crippen LogP) is 1.16. The highest BCUT2D eigenvalue weighted by Gasteiger charge is 1.95. The summed E-state index contributed by atoms with van der Waals surface area (Å²) in [4.78, 5) is 10.3. The number of rotatable bonds is 7. The van der Waals surface area contributed by atoms with E-state index in [2.05, 4.69) is 12.3 Å². The van der Waals surface area contributed by atoms with Gasteiger partial charge in [0.2, 0.25) is 6.41 Å². The Morgan fingerprint density at radius 3 is 2.55 bits per heavy atom. The van der Waals surface area contributed by atoms with Crippen molar-refractivity contribution in [2.24, 2.45) is 0 Å². The highest BCUT2D eigenvalue weighted by atomic mass is 16.1. The van der Waals surface area contributed by atoms with Crippen molar-refractivity contribution in [3.63, 3.8) is 0 Å². The number of carbonyl (C=O) groups is 1. The molecule has 3 nitrogen and oxygen atoms in total. The molecule has 0 saturated heterocycles. The third-order valence-corrected chi connectivity index (χ3v) is 1.67. The van der Waals surface area contributed by atoms with Gasteiger partial charge in [0.25, 0.3) is 0 Å². The molecule has 1 N–H and O–H groups in total. The first-order valence-corrected chi connectivity index (χ1v) is 4.24. The van der Waals surface area contributed by atoms with E-state index in [-0.39, 0.29) is 0 Å². The van der Waals surface area contributed by atoms with Crippen molar-refractivity contribution in [3.8, 4) is 0 Å². The van der Waals surface area contributed by atoms with Gasteiger partial charge in [-0.25, -0.2) is 5.43 Å². The number of hydrogen-bond donors (Lipinski definition) is 1. The molecule has 0 aliphatic rings. The largest absolute Gasteiger partial charge is 0.281 e. The Bertz CT molecular complexity index is 96.1. The molecule has 0 aliphatic carbocycles. The molecule has 0 atom stereocenters. The second kappa shape index (κ2) is 7.54. The van der Waals surface area contributed by atoms with E-state index in [9.17, 15) is 4.79 Å². The fourth-order valence-electron chi connectivity index (χ4n) is 0.926. The molecule has 0 rings (SSSR count). The number of hydrogen-bond acceptors (Lipinski definition) is 2. The van der Waals surface area contributed by atoms with Gasteiger partial charge in [0, 0.05) is 13.6 Å². The van der Waals surface area contributed by atoms with E-state index in [1.54, 1.807) is 12.1 Å². The number of amides is 1. The second-order valence-corrected chi connectivity index (χ2v) is 2.58.